The fourth-order valence-corrected chi connectivity index (χ4v) is 4.79. The van der Waals surface area contributed by atoms with Gasteiger partial charge in [-0.05, 0) is 55.5 Å². The summed E-state index contributed by atoms with van der Waals surface area (Å²) in [6.07, 6.45) is -0.436. The minimum Gasteiger partial charge on any atom is -0.475 e. The Kier molecular flexibility index (Phi) is 6.59. The van der Waals surface area contributed by atoms with E-state index >= 15 is 0 Å². The summed E-state index contributed by atoms with van der Waals surface area (Å²) < 4.78 is 50.3. The summed E-state index contributed by atoms with van der Waals surface area (Å²) >= 11 is 0. The van der Waals surface area contributed by atoms with Gasteiger partial charge in [0.25, 0.3) is 5.91 Å². The van der Waals surface area contributed by atoms with Crippen molar-refractivity contribution in [1.29, 1.82) is 0 Å². The maximum absolute atomic E-state index is 13.0. The molecular weight excluding hydrogens is 489 g/mol. The van der Waals surface area contributed by atoms with Gasteiger partial charge in [-0.25, -0.2) is 4.98 Å². The SMILES string of the molecule is Cc1ncc(NC(=O)c2ccnc(C(F)(F)F)c2)cc1-c1cc(OCCO)nc(C23CCOCC2C3)c1. The highest BCUT2D eigenvalue weighted by molar-refractivity contribution is 6.04. The molecule has 3 aromatic rings. The van der Waals surface area contributed by atoms with Gasteiger partial charge in [0, 0.05) is 41.1 Å². The number of aliphatic hydroxyl groups is 1. The number of hydrogen-bond acceptors (Lipinski definition) is 7. The van der Waals surface area contributed by atoms with Crippen LogP contribution in [0.5, 0.6) is 5.88 Å². The minimum absolute atomic E-state index is 0.0731. The predicted molar refractivity (Wildman–Crippen MR) is 127 cm³/mol. The summed E-state index contributed by atoms with van der Waals surface area (Å²) in [5.74, 6) is 0.0497. The van der Waals surface area contributed by atoms with E-state index in [0.29, 0.717) is 48.0 Å². The lowest BCUT2D eigenvalue weighted by atomic mass is 9.91. The Hall–Kier alpha value is -3.57. The number of aliphatic hydroxyl groups excluding tert-OH is 1. The molecule has 0 spiro atoms. The molecule has 1 saturated heterocycles. The van der Waals surface area contributed by atoms with Crippen molar-refractivity contribution in [3.8, 4) is 17.0 Å². The topological polar surface area (TPSA) is 106 Å². The standard InChI is InChI=1S/C26H25F3N4O4/c1-15-20(11-19(13-31-15)32-24(35)16-2-4-30-22(8-16)26(27,28)29)17-9-21(33-23(10-17)37-7-5-34)25-3-6-36-14-18(25)12-25/h2,4,8-11,13,18,34H,3,5-7,12,14H2,1H3,(H,32,35). The van der Waals surface area contributed by atoms with E-state index in [0.717, 1.165) is 30.3 Å². The second-order valence-electron chi connectivity index (χ2n) is 9.27. The Bertz CT molecular complexity index is 1330. The molecule has 0 bridgehead atoms. The van der Waals surface area contributed by atoms with Crippen LogP contribution in [-0.4, -0.2) is 52.4 Å². The Morgan fingerprint density at radius 1 is 1.27 bits per heavy atom. The van der Waals surface area contributed by atoms with E-state index in [1.807, 2.05) is 13.0 Å². The molecule has 37 heavy (non-hydrogen) atoms. The zero-order valence-electron chi connectivity index (χ0n) is 20.0. The quantitative estimate of drug-likeness (QED) is 0.488. The Morgan fingerprint density at radius 2 is 2.11 bits per heavy atom. The number of fused-ring (bicyclic) bond motifs is 1. The number of aryl methyl sites for hydroxylation is 1. The molecule has 8 nitrogen and oxygen atoms in total. The van der Waals surface area contributed by atoms with E-state index in [9.17, 15) is 23.1 Å². The summed E-state index contributed by atoms with van der Waals surface area (Å²) in [5.41, 5.74) is 1.98. The first kappa shape index (κ1) is 25.1. The fourth-order valence-electron chi connectivity index (χ4n) is 4.79. The summed E-state index contributed by atoms with van der Waals surface area (Å²) in [4.78, 5) is 25.1. The second-order valence-corrected chi connectivity index (χ2v) is 9.27. The average Bonchev–Trinajstić information content (AvgIpc) is 3.64. The lowest BCUT2D eigenvalue weighted by Crippen LogP contribution is -2.23. The first-order chi connectivity index (χ1) is 17.7. The van der Waals surface area contributed by atoms with Gasteiger partial charge in [0.15, 0.2) is 0 Å². The van der Waals surface area contributed by atoms with Gasteiger partial charge in [0.05, 0.1) is 30.8 Å². The number of nitrogens with zero attached hydrogens (tertiary/aromatic N) is 3. The van der Waals surface area contributed by atoms with Gasteiger partial charge in [0.1, 0.15) is 12.3 Å². The average molecular weight is 515 g/mol. The molecule has 194 valence electrons. The number of anilines is 1. The van der Waals surface area contributed by atoms with Crippen molar-refractivity contribution in [2.45, 2.75) is 31.4 Å². The largest absolute Gasteiger partial charge is 0.475 e. The Morgan fingerprint density at radius 3 is 2.86 bits per heavy atom. The van der Waals surface area contributed by atoms with E-state index in [1.54, 1.807) is 12.1 Å². The lowest BCUT2D eigenvalue weighted by molar-refractivity contribution is -0.141. The maximum Gasteiger partial charge on any atom is 0.433 e. The Balaban J connectivity index is 1.46. The number of halogens is 3. The number of hydrogen-bond donors (Lipinski definition) is 2. The molecule has 0 aromatic carbocycles. The van der Waals surface area contributed by atoms with Crippen LogP contribution in [0.25, 0.3) is 11.1 Å². The van der Waals surface area contributed by atoms with Gasteiger partial charge in [-0.3, -0.25) is 14.8 Å². The third-order valence-corrected chi connectivity index (χ3v) is 6.87. The molecule has 11 heteroatoms. The summed E-state index contributed by atoms with van der Waals surface area (Å²) in [7, 11) is 0. The van der Waals surface area contributed by atoms with Gasteiger partial charge in [-0.2, -0.15) is 13.2 Å². The molecule has 0 radical (unpaired) electrons. The number of carbonyl (C=O) groups is 1. The minimum atomic E-state index is -4.66. The number of alkyl halides is 3. The molecule has 2 atom stereocenters. The van der Waals surface area contributed by atoms with Crippen molar-refractivity contribution in [3.05, 3.63) is 65.4 Å². The van der Waals surface area contributed by atoms with Crippen LogP contribution in [0, 0.1) is 12.8 Å². The molecule has 1 amide bonds. The van der Waals surface area contributed by atoms with E-state index in [2.05, 4.69) is 15.3 Å². The molecule has 2 unspecified atom stereocenters. The Labute approximate surface area is 210 Å². The molecule has 2 fully saturated rings. The number of aromatic nitrogens is 3. The first-order valence-corrected chi connectivity index (χ1v) is 11.9. The van der Waals surface area contributed by atoms with Crippen molar-refractivity contribution in [2.75, 3.05) is 31.7 Å². The monoisotopic (exact) mass is 514 g/mol. The second kappa shape index (κ2) is 9.71. The van der Waals surface area contributed by atoms with Crippen LogP contribution < -0.4 is 10.1 Å². The van der Waals surface area contributed by atoms with Crippen LogP contribution >= 0.6 is 0 Å². The predicted octanol–water partition coefficient (Wildman–Crippen LogP) is 4.17. The number of nitrogens with one attached hydrogen (secondary N) is 1. The molecule has 2 N–H and O–H groups in total. The zero-order chi connectivity index (χ0) is 26.2. The van der Waals surface area contributed by atoms with Crippen LogP contribution in [-0.2, 0) is 16.3 Å². The normalized spacial score (nSPS) is 20.7. The number of rotatable bonds is 7. The van der Waals surface area contributed by atoms with Gasteiger partial charge >= 0.3 is 6.18 Å². The number of pyridine rings is 3. The van der Waals surface area contributed by atoms with Crippen LogP contribution in [0.4, 0.5) is 18.9 Å². The van der Waals surface area contributed by atoms with Crippen molar-refractivity contribution in [1.82, 2.24) is 15.0 Å². The summed E-state index contributed by atoms with van der Waals surface area (Å²) in [6.45, 7) is 3.10. The molecule has 2 aliphatic rings. The number of carbonyl (C=O) groups excluding carboxylic acids is 1. The van der Waals surface area contributed by atoms with Gasteiger partial charge in [0.2, 0.25) is 5.88 Å². The third kappa shape index (κ3) is 5.14. The molecule has 1 saturated carbocycles. The highest BCUT2D eigenvalue weighted by Crippen LogP contribution is 2.58. The molecule has 4 heterocycles. The zero-order valence-corrected chi connectivity index (χ0v) is 20.0. The van der Waals surface area contributed by atoms with Crippen LogP contribution in [0.15, 0.2) is 42.7 Å². The van der Waals surface area contributed by atoms with E-state index < -0.39 is 17.8 Å². The highest BCUT2D eigenvalue weighted by atomic mass is 19.4. The first-order valence-electron chi connectivity index (χ1n) is 11.9. The van der Waals surface area contributed by atoms with Crippen molar-refractivity contribution in [3.63, 3.8) is 0 Å². The molecule has 5 rings (SSSR count). The summed E-state index contributed by atoms with van der Waals surface area (Å²) in [5, 5.41) is 11.8. The summed E-state index contributed by atoms with van der Waals surface area (Å²) in [6, 6.07) is 7.38. The van der Waals surface area contributed by atoms with E-state index in [4.69, 9.17) is 14.5 Å². The van der Waals surface area contributed by atoms with Crippen LogP contribution in [0.3, 0.4) is 0 Å². The van der Waals surface area contributed by atoms with Gasteiger partial charge in [-0.15, -0.1) is 0 Å². The van der Waals surface area contributed by atoms with Crippen molar-refractivity contribution < 1.29 is 32.5 Å². The third-order valence-electron chi connectivity index (χ3n) is 6.87. The van der Waals surface area contributed by atoms with Gasteiger partial charge in [-0.1, -0.05) is 0 Å². The van der Waals surface area contributed by atoms with E-state index in [1.165, 1.54) is 12.3 Å². The van der Waals surface area contributed by atoms with Crippen LogP contribution in [0.1, 0.15) is 40.3 Å². The highest BCUT2D eigenvalue weighted by Gasteiger charge is 2.57. The van der Waals surface area contributed by atoms with Crippen molar-refractivity contribution >= 4 is 11.6 Å². The number of amides is 1. The lowest BCUT2D eigenvalue weighted by Gasteiger charge is -2.23. The smallest absolute Gasteiger partial charge is 0.433 e. The molecular formula is C26H25F3N4O4. The van der Waals surface area contributed by atoms with E-state index in [-0.39, 0.29) is 24.2 Å². The number of ether oxygens (including phenoxy) is 2. The molecule has 3 aromatic heterocycles. The maximum atomic E-state index is 13.0. The van der Waals surface area contributed by atoms with Gasteiger partial charge < -0.3 is 19.9 Å². The van der Waals surface area contributed by atoms with Crippen LogP contribution in [0.2, 0.25) is 0 Å². The molecule has 1 aliphatic carbocycles. The van der Waals surface area contributed by atoms with Crippen molar-refractivity contribution in [2.24, 2.45) is 5.92 Å². The fraction of sp³-hybridized carbons (Fsp3) is 0.385. The molecule has 1 aliphatic heterocycles.